The molecule has 11 nitrogen and oxygen atoms in total. The van der Waals surface area contributed by atoms with Crippen LogP contribution in [0.1, 0.15) is 37.9 Å². The zero-order valence-electron chi connectivity index (χ0n) is 23.2. The van der Waals surface area contributed by atoms with Crippen LogP contribution in [0.5, 0.6) is 5.88 Å². The Labute approximate surface area is 223 Å². The number of nitrogens with two attached hydrogens (primary N) is 1. The van der Waals surface area contributed by atoms with Crippen LogP contribution in [0.4, 0.5) is 0 Å². The third-order valence-corrected chi connectivity index (χ3v) is 6.72. The standard InChI is InChI=1S/C27H38N8O3/c1-8-37-26(28)19-9-10-21-20-11-22(30-18(5)25(20)32-31-21)24-17(4)33-35(7)27(24)38-14-16(3)34(6)12-23(19)29-15(2)13-36/h9-11,15-16,36H,8,12-14,28H2,1-7H3,(H,31,32)/b10-9+,26-19+,29-23?. The van der Waals surface area contributed by atoms with E-state index in [2.05, 4.69) is 27.1 Å². The van der Waals surface area contributed by atoms with Gasteiger partial charge in [0, 0.05) is 25.0 Å². The number of allylic oxidation sites excluding steroid dienone is 1. The van der Waals surface area contributed by atoms with Crippen molar-refractivity contribution >= 4 is 22.7 Å². The van der Waals surface area contributed by atoms with Gasteiger partial charge in [-0.3, -0.25) is 20.0 Å². The van der Waals surface area contributed by atoms with Gasteiger partial charge in [0.1, 0.15) is 12.1 Å². The Hall–Kier alpha value is -3.70. The summed E-state index contributed by atoms with van der Waals surface area (Å²) in [5.41, 5.74) is 12.6. The summed E-state index contributed by atoms with van der Waals surface area (Å²) >= 11 is 0. The topological polar surface area (TPSA) is 140 Å². The number of aliphatic imine (C=N–C) groups is 1. The molecule has 0 radical (unpaired) electrons. The zero-order valence-corrected chi connectivity index (χ0v) is 23.2. The van der Waals surface area contributed by atoms with Crippen molar-refractivity contribution in [1.29, 1.82) is 0 Å². The molecule has 4 N–H and O–H groups in total. The fraction of sp³-hybridized carbons (Fsp3) is 0.481. The summed E-state index contributed by atoms with van der Waals surface area (Å²) in [5, 5.41) is 22.9. The number of aliphatic hydroxyl groups is 1. The number of likely N-dealkylation sites (N-methyl/N-ethyl adjacent to an activating group) is 1. The maximum atomic E-state index is 9.75. The highest BCUT2D eigenvalue weighted by molar-refractivity contribution is 6.05. The minimum Gasteiger partial charge on any atom is -0.479 e. The number of hydrogen-bond acceptors (Lipinski definition) is 9. The first-order valence-electron chi connectivity index (χ1n) is 12.9. The maximum absolute atomic E-state index is 9.75. The number of ether oxygens (including phenoxy) is 2. The molecule has 204 valence electrons. The molecule has 0 aliphatic carbocycles. The molecular formula is C27H38N8O3. The molecule has 38 heavy (non-hydrogen) atoms. The van der Waals surface area contributed by atoms with Crippen LogP contribution in [-0.2, 0) is 11.8 Å². The first-order valence-corrected chi connectivity index (χ1v) is 12.9. The Morgan fingerprint density at radius 1 is 1.32 bits per heavy atom. The monoisotopic (exact) mass is 522 g/mol. The Morgan fingerprint density at radius 3 is 2.79 bits per heavy atom. The molecule has 11 heteroatoms. The molecule has 0 spiro atoms. The van der Waals surface area contributed by atoms with Gasteiger partial charge >= 0.3 is 0 Å². The number of nitrogens with zero attached hydrogens (tertiary/aromatic N) is 6. The number of aryl methyl sites for hydroxylation is 3. The fourth-order valence-electron chi connectivity index (χ4n) is 4.48. The van der Waals surface area contributed by atoms with Gasteiger partial charge in [-0.1, -0.05) is 0 Å². The molecule has 2 unspecified atom stereocenters. The van der Waals surface area contributed by atoms with Crippen molar-refractivity contribution in [1.82, 2.24) is 29.9 Å². The van der Waals surface area contributed by atoms with Crippen LogP contribution in [0.25, 0.3) is 28.2 Å². The molecule has 0 fully saturated rings. The van der Waals surface area contributed by atoms with Gasteiger partial charge in [0.2, 0.25) is 5.88 Å². The van der Waals surface area contributed by atoms with Crippen LogP contribution in [0.2, 0.25) is 0 Å². The molecule has 0 amide bonds. The molecule has 1 aliphatic heterocycles. The Bertz CT molecular complexity index is 1400. The average molecular weight is 523 g/mol. The van der Waals surface area contributed by atoms with Crippen LogP contribution in [0.3, 0.4) is 0 Å². The van der Waals surface area contributed by atoms with E-state index in [1.165, 1.54) is 0 Å². The van der Waals surface area contributed by atoms with Crippen molar-refractivity contribution in [3.05, 3.63) is 40.7 Å². The lowest BCUT2D eigenvalue weighted by molar-refractivity contribution is 0.179. The summed E-state index contributed by atoms with van der Waals surface area (Å²) in [7, 11) is 3.88. The van der Waals surface area contributed by atoms with Crippen LogP contribution in [0, 0.1) is 13.8 Å². The summed E-state index contributed by atoms with van der Waals surface area (Å²) in [6, 6.07) is 1.72. The van der Waals surface area contributed by atoms with Gasteiger partial charge < -0.3 is 20.3 Å². The molecule has 4 heterocycles. The summed E-state index contributed by atoms with van der Waals surface area (Å²) in [6.07, 6.45) is 3.82. The lowest BCUT2D eigenvalue weighted by Crippen LogP contribution is -2.39. The minimum absolute atomic E-state index is 0.0190. The minimum atomic E-state index is -0.311. The van der Waals surface area contributed by atoms with E-state index < -0.39 is 0 Å². The van der Waals surface area contributed by atoms with Gasteiger partial charge in [0.15, 0.2) is 5.88 Å². The lowest BCUT2D eigenvalue weighted by atomic mass is 10.1. The van der Waals surface area contributed by atoms with Crippen molar-refractivity contribution < 1.29 is 14.6 Å². The molecule has 2 atom stereocenters. The number of nitrogens with one attached hydrogen (secondary N) is 1. The first-order chi connectivity index (χ1) is 18.1. The third-order valence-electron chi connectivity index (χ3n) is 6.72. The molecule has 1 aliphatic rings. The Balaban J connectivity index is 1.97. The van der Waals surface area contributed by atoms with Gasteiger partial charge in [-0.2, -0.15) is 10.2 Å². The van der Waals surface area contributed by atoms with Crippen LogP contribution < -0.4 is 10.5 Å². The van der Waals surface area contributed by atoms with Gasteiger partial charge in [-0.25, -0.2) is 4.68 Å². The molecular weight excluding hydrogens is 484 g/mol. The highest BCUT2D eigenvalue weighted by atomic mass is 16.5. The Kier molecular flexibility index (Phi) is 8.17. The number of aromatic amines is 1. The van der Waals surface area contributed by atoms with E-state index in [-0.39, 0.29) is 24.6 Å². The van der Waals surface area contributed by atoms with E-state index in [9.17, 15) is 5.11 Å². The summed E-state index contributed by atoms with van der Waals surface area (Å²) < 4.78 is 13.9. The van der Waals surface area contributed by atoms with Crippen molar-refractivity contribution in [3.63, 3.8) is 0 Å². The van der Waals surface area contributed by atoms with Gasteiger partial charge in [0.05, 0.1) is 58.9 Å². The number of hydrogen-bond donors (Lipinski definition) is 3. The third kappa shape index (κ3) is 5.44. The average Bonchev–Trinajstić information content (AvgIpc) is 3.41. The van der Waals surface area contributed by atoms with Crippen molar-refractivity contribution in [2.75, 3.05) is 33.4 Å². The normalized spacial score (nSPS) is 21.1. The van der Waals surface area contributed by atoms with E-state index >= 15 is 0 Å². The second-order valence-corrected chi connectivity index (χ2v) is 9.74. The summed E-state index contributed by atoms with van der Waals surface area (Å²) in [5.74, 6) is 0.930. The molecule has 0 saturated carbocycles. The molecule has 0 saturated heterocycles. The number of H-pyrrole nitrogens is 1. The largest absolute Gasteiger partial charge is 0.479 e. The molecule has 3 aromatic heterocycles. The molecule has 4 rings (SSSR count). The summed E-state index contributed by atoms with van der Waals surface area (Å²) in [4.78, 5) is 11.8. The van der Waals surface area contributed by atoms with Crippen molar-refractivity contribution in [3.8, 4) is 17.1 Å². The van der Waals surface area contributed by atoms with Crippen molar-refractivity contribution in [2.45, 2.75) is 46.7 Å². The Morgan fingerprint density at radius 2 is 2.08 bits per heavy atom. The van der Waals surface area contributed by atoms with E-state index in [0.29, 0.717) is 36.9 Å². The molecule has 2 bridgehead atoms. The summed E-state index contributed by atoms with van der Waals surface area (Å²) in [6.45, 7) is 10.9. The highest BCUT2D eigenvalue weighted by Crippen LogP contribution is 2.35. The second kappa shape index (κ2) is 11.4. The van der Waals surface area contributed by atoms with Gasteiger partial charge in [-0.05, 0) is 59.9 Å². The van der Waals surface area contributed by atoms with Crippen LogP contribution in [-0.4, -0.2) is 86.2 Å². The van der Waals surface area contributed by atoms with E-state index in [1.54, 1.807) is 4.68 Å². The van der Waals surface area contributed by atoms with Crippen LogP contribution >= 0.6 is 0 Å². The van der Waals surface area contributed by atoms with E-state index in [0.717, 1.165) is 39.2 Å². The highest BCUT2D eigenvalue weighted by Gasteiger charge is 2.23. The predicted octanol–water partition coefficient (Wildman–Crippen LogP) is 2.73. The van der Waals surface area contributed by atoms with E-state index in [4.69, 9.17) is 25.2 Å². The number of aromatic nitrogens is 5. The number of pyridine rings is 1. The lowest BCUT2D eigenvalue weighted by Gasteiger charge is -2.26. The van der Waals surface area contributed by atoms with Gasteiger partial charge in [0.25, 0.3) is 0 Å². The molecule has 0 aromatic carbocycles. The van der Waals surface area contributed by atoms with Gasteiger partial charge in [-0.15, -0.1) is 0 Å². The fourth-order valence-corrected chi connectivity index (χ4v) is 4.48. The van der Waals surface area contributed by atoms with Crippen LogP contribution in [0.15, 0.2) is 28.6 Å². The SMILES string of the molecule is CCO/C(N)=C1\C=C\c2[nH]nc3c(C)nc(cc23)-c2c(C)nn(C)c2OCC(C)N(C)CC1=NC(C)CO. The number of fused-ring (bicyclic) bond motifs is 3. The smallest absolute Gasteiger partial charge is 0.221 e. The zero-order chi connectivity index (χ0) is 27.6. The van der Waals surface area contributed by atoms with E-state index in [1.807, 2.05) is 60.0 Å². The second-order valence-electron chi connectivity index (χ2n) is 9.74. The molecule has 3 aromatic rings. The predicted molar refractivity (Wildman–Crippen MR) is 149 cm³/mol. The van der Waals surface area contributed by atoms with Crippen molar-refractivity contribution in [2.24, 2.45) is 17.8 Å². The number of aliphatic hydroxyl groups excluding tert-OH is 1. The number of rotatable bonds is 4. The first kappa shape index (κ1) is 27.3. The maximum Gasteiger partial charge on any atom is 0.221 e. The quantitative estimate of drug-likeness (QED) is 0.445.